The Morgan fingerprint density at radius 3 is 2.48 bits per heavy atom. The Bertz CT molecular complexity index is 1260. The number of aromatic nitrogens is 4. The molecule has 3 heterocycles. The van der Waals surface area contributed by atoms with Gasteiger partial charge in [0.15, 0.2) is 11.6 Å². The van der Waals surface area contributed by atoms with E-state index in [1.807, 2.05) is 60.7 Å². The average molecular weight is 385 g/mol. The lowest BCUT2D eigenvalue weighted by atomic mass is 10.2. The number of anilines is 2. The van der Waals surface area contributed by atoms with Gasteiger partial charge in [-0.1, -0.05) is 48.5 Å². The summed E-state index contributed by atoms with van der Waals surface area (Å²) >= 11 is 0. The van der Waals surface area contributed by atoms with Crippen LogP contribution < -0.4 is 10.7 Å². The maximum Gasteiger partial charge on any atom is 0.245 e. The van der Waals surface area contributed by atoms with Gasteiger partial charge in [0, 0.05) is 11.9 Å². The van der Waals surface area contributed by atoms with Crippen LogP contribution in [-0.4, -0.2) is 26.5 Å². The van der Waals surface area contributed by atoms with Crippen molar-refractivity contribution in [3.63, 3.8) is 0 Å². The molecule has 0 aliphatic carbocycles. The monoisotopic (exact) mass is 385 g/mol. The van der Waals surface area contributed by atoms with Crippen molar-refractivity contribution >= 4 is 40.1 Å². The van der Waals surface area contributed by atoms with Crippen molar-refractivity contribution < 1.29 is 9.05 Å². The molecule has 2 N–H and O–H groups in total. The van der Waals surface area contributed by atoms with Crippen LogP contribution in [0.15, 0.2) is 74.8 Å². The number of hydrazone groups is 1. The third kappa shape index (κ3) is 3.61. The third-order valence-corrected chi connectivity index (χ3v) is 4.22. The summed E-state index contributed by atoms with van der Waals surface area (Å²) < 4.78 is 10.4. The minimum atomic E-state index is 0.289. The van der Waals surface area contributed by atoms with Crippen molar-refractivity contribution in [1.29, 1.82) is 0 Å². The molecule has 29 heavy (non-hydrogen) atoms. The number of hydrogen-bond donors (Lipinski definition) is 2. The van der Waals surface area contributed by atoms with Gasteiger partial charge in [-0.05, 0) is 28.0 Å². The maximum absolute atomic E-state index is 5.72. The lowest BCUT2D eigenvalue weighted by Crippen LogP contribution is -2.06. The van der Waals surface area contributed by atoms with E-state index in [1.165, 1.54) is 0 Å². The number of furan rings is 1. The topological polar surface area (TPSA) is 114 Å². The minimum Gasteiger partial charge on any atom is -0.455 e. The third-order valence-electron chi connectivity index (χ3n) is 4.22. The summed E-state index contributed by atoms with van der Waals surface area (Å²) in [6.07, 6.45) is 1.58. The number of nitrogens with one attached hydrogen (secondary N) is 2. The zero-order valence-corrected chi connectivity index (χ0v) is 15.1. The van der Waals surface area contributed by atoms with Crippen LogP contribution in [0.1, 0.15) is 11.3 Å². The average Bonchev–Trinajstić information content (AvgIpc) is 3.38. The molecule has 0 amide bonds. The van der Waals surface area contributed by atoms with E-state index in [0.29, 0.717) is 29.6 Å². The molecule has 5 rings (SSSR count). The first-order chi connectivity index (χ1) is 14.3. The smallest absolute Gasteiger partial charge is 0.245 e. The fraction of sp³-hybridized carbons (Fsp3) is 0.0500. The van der Waals surface area contributed by atoms with Gasteiger partial charge >= 0.3 is 0 Å². The first kappa shape index (κ1) is 16.9. The molecule has 2 aromatic carbocycles. The normalized spacial score (nSPS) is 11.4. The van der Waals surface area contributed by atoms with Crippen molar-refractivity contribution in [3.8, 4) is 0 Å². The number of rotatable bonds is 6. The second kappa shape index (κ2) is 7.39. The standard InChI is InChI=1S/C20H15N7O2/c1-2-6-13(7-3-1)11-21-17-18(24-20-19(23-17)26-29-27-20)25-22-12-15-10-14-8-4-5-9-16(14)28-15/h1-10,12H,11H2,(H,21,23,26)(H,24,25,27). The van der Waals surface area contributed by atoms with E-state index in [1.54, 1.807) is 6.21 Å². The van der Waals surface area contributed by atoms with Crippen molar-refractivity contribution in [2.45, 2.75) is 6.54 Å². The molecule has 9 nitrogen and oxygen atoms in total. The summed E-state index contributed by atoms with van der Waals surface area (Å²) in [5.74, 6) is 1.50. The fourth-order valence-electron chi connectivity index (χ4n) is 2.84. The molecule has 0 aliphatic heterocycles. The van der Waals surface area contributed by atoms with Crippen molar-refractivity contribution in [1.82, 2.24) is 20.3 Å². The zero-order chi connectivity index (χ0) is 19.5. The lowest BCUT2D eigenvalue weighted by molar-refractivity contribution is 0.314. The summed E-state index contributed by atoms with van der Waals surface area (Å²) in [7, 11) is 0. The molecular formula is C20H15N7O2. The maximum atomic E-state index is 5.72. The molecule has 9 heteroatoms. The second-order valence-corrected chi connectivity index (χ2v) is 6.23. The summed E-state index contributed by atoms with van der Waals surface area (Å²) in [5, 5.41) is 16.0. The molecule has 0 saturated heterocycles. The predicted octanol–water partition coefficient (Wildman–Crippen LogP) is 3.82. The second-order valence-electron chi connectivity index (χ2n) is 6.23. The largest absolute Gasteiger partial charge is 0.455 e. The van der Waals surface area contributed by atoms with Gasteiger partial charge in [0.05, 0.1) is 6.21 Å². The SMILES string of the molecule is C(=NNc1nc2nonc2nc1NCc1ccccc1)c1cc2ccccc2o1. The molecule has 5 aromatic rings. The number of fused-ring (bicyclic) bond motifs is 2. The predicted molar refractivity (Wildman–Crippen MR) is 109 cm³/mol. The Balaban J connectivity index is 1.38. The highest BCUT2D eigenvalue weighted by Gasteiger charge is 2.12. The molecule has 142 valence electrons. The van der Waals surface area contributed by atoms with Crippen LogP contribution in [0.2, 0.25) is 0 Å². The van der Waals surface area contributed by atoms with Crippen LogP contribution >= 0.6 is 0 Å². The van der Waals surface area contributed by atoms with Crippen LogP contribution in [0.4, 0.5) is 11.6 Å². The molecule has 0 aliphatic rings. The first-order valence-electron chi connectivity index (χ1n) is 8.91. The van der Waals surface area contributed by atoms with Crippen LogP contribution in [0.25, 0.3) is 22.3 Å². The van der Waals surface area contributed by atoms with Crippen LogP contribution in [0.5, 0.6) is 0 Å². The minimum absolute atomic E-state index is 0.289. The van der Waals surface area contributed by atoms with Crippen molar-refractivity contribution in [3.05, 3.63) is 72.0 Å². The fourth-order valence-corrected chi connectivity index (χ4v) is 2.84. The van der Waals surface area contributed by atoms with Gasteiger partial charge in [0.1, 0.15) is 11.3 Å². The zero-order valence-electron chi connectivity index (χ0n) is 15.1. The molecular weight excluding hydrogens is 370 g/mol. The van der Waals surface area contributed by atoms with Gasteiger partial charge in [-0.15, -0.1) is 0 Å². The Morgan fingerprint density at radius 1 is 0.897 bits per heavy atom. The molecule has 3 aromatic heterocycles. The van der Waals surface area contributed by atoms with Gasteiger partial charge in [-0.2, -0.15) is 10.1 Å². The Kier molecular flexibility index (Phi) is 4.30. The van der Waals surface area contributed by atoms with Crippen LogP contribution in [0.3, 0.4) is 0 Å². The number of hydrogen-bond acceptors (Lipinski definition) is 9. The molecule has 0 bridgehead atoms. The van der Waals surface area contributed by atoms with Gasteiger partial charge in [-0.3, -0.25) is 5.43 Å². The highest BCUT2D eigenvalue weighted by molar-refractivity contribution is 5.87. The molecule has 0 saturated carbocycles. The van der Waals surface area contributed by atoms with E-state index in [-0.39, 0.29) is 5.65 Å². The van der Waals surface area contributed by atoms with E-state index >= 15 is 0 Å². The summed E-state index contributed by atoms with van der Waals surface area (Å²) in [6.45, 7) is 0.564. The van der Waals surface area contributed by atoms with Crippen molar-refractivity contribution in [2.75, 3.05) is 10.7 Å². The van der Waals surface area contributed by atoms with E-state index in [2.05, 4.69) is 36.1 Å². The van der Waals surface area contributed by atoms with Crippen molar-refractivity contribution in [2.24, 2.45) is 5.10 Å². The number of benzene rings is 2. The van der Waals surface area contributed by atoms with E-state index in [4.69, 9.17) is 9.05 Å². The van der Waals surface area contributed by atoms with E-state index < -0.39 is 0 Å². The highest BCUT2D eigenvalue weighted by Crippen LogP contribution is 2.21. The Hall–Kier alpha value is -4.27. The summed E-state index contributed by atoms with van der Waals surface area (Å²) in [5.41, 5.74) is 5.39. The Morgan fingerprint density at radius 2 is 1.66 bits per heavy atom. The summed E-state index contributed by atoms with van der Waals surface area (Å²) in [6, 6.07) is 19.6. The van der Waals surface area contributed by atoms with Gasteiger partial charge < -0.3 is 9.73 Å². The first-order valence-corrected chi connectivity index (χ1v) is 8.91. The van der Waals surface area contributed by atoms with Gasteiger partial charge in [0.2, 0.25) is 11.3 Å². The van der Waals surface area contributed by atoms with Gasteiger partial charge in [-0.25, -0.2) is 9.61 Å². The van der Waals surface area contributed by atoms with Crippen LogP contribution in [0, 0.1) is 0 Å². The lowest BCUT2D eigenvalue weighted by Gasteiger charge is -2.09. The Labute approximate surface area is 164 Å². The quantitative estimate of drug-likeness (QED) is 0.335. The molecule has 0 unspecified atom stereocenters. The molecule has 0 spiro atoms. The number of nitrogens with zero attached hydrogens (tertiary/aromatic N) is 5. The van der Waals surface area contributed by atoms with E-state index in [0.717, 1.165) is 16.5 Å². The highest BCUT2D eigenvalue weighted by atomic mass is 16.6. The summed E-state index contributed by atoms with van der Waals surface area (Å²) in [4.78, 5) is 8.78. The van der Waals surface area contributed by atoms with E-state index in [9.17, 15) is 0 Å². The van der Waals surface area contributed by atoms with Crippen LogP contribution in [-0.2, 0) is 6.54 Å². The van der Waals surface area contributed by atoms with Gasteiger partial charge in [0.25, 0.3) is 0 Å². The molecule has 0 radical (unpaired) electrons. The molecule has 0 fully saturated rings. The molecule has 0 atom stereocenters. The number of para-hydroxylation sites is 1.